The highest BCUT2D eigenvalue weighted by Crippen LogP contribution is 2.31. The lowest BCUT2D eigenvalue weighted by Gasteiger charge is -2.23. The molecule has 3 rings (SSSR count). The average Bonchev–Trinajstić information content (AvgIpc) is 2.79. The van der Waals surface area contributed by atoms with Gasteiger partial charge in [0.15, 0.2) is 18.1 Å². The monoisotopic (exact) mass is 427 g/mol. The van der Waals surface area contributed by atoms with Gasteiger partial charge in [0.05, 0.1) is 18.3 Å². The van der Waals surface area contributed by atoms with E-state index in [2.05, 4.69) is 0 Å². The summed E-state index contributed by atoms with van der Waals surface area (Å²) in [6.07, 6.45) is 0.138. The van der Waals surface area contributed by atoms with Crippen LogP contribution in [0.5, 0.6) is 11.5 Å². The van der Waals surface area contributed by atoms with Crippen molar-refractivity contribution in [2.45, 2.75) is 40.0 Å². The van der Waals surface area contributed by atoms with Crippen LogP contribution in [0.4, 0.5) is 0 Å². The van der Waals surface area contributed by atoms with Crippen LogP contribution >= 0.6 is 0 Å². The zero-order valence-electron chi connectivity index (χ0n) is 18.3. The maximum Gasteiger partial charge on any atom is 0.338 e. The molecule has 2 aromatic rings. The standard InChI is InChI=1S/C24H29NO6/c1-4-25(14-19-7-10-21-22(13-19)29-12-11-28-21)23(26)16-31-24(27)20-8-5-18(6-9-20)15-30-17(2)3/h5-10,13,17H,4,11-12,14-16H2,1-3H3. The van der Waals surface area contributed by atoms with E-state index in [4.69, 9.17) is 18.9 Å². The van der Waals surface area contributed by atoms with Gasteiger partial charge in [-0.05, 0) is 56.2 Å². The number of ether oxygens (including phenoxy) is 4. The third-order valence-electron chi connectivity index (χ3n) is 4.81. The van der Waals surface area contributed by atoms with Crippen LogP contribution in [0, 0.1) is 0 Å². The Morgan fingerprint density at radius 2 is 1.68 bits per heavy atom. The van der Waals surface area contributed by atoms with Gasteiger partial charge in [-0.1, -0.05) is 18.2 Å². The molecule has 0 spiro atoms. The zero-order chi connectivity index (χ0) is 22.2. The number of hydrogen-bond acceptors (Lipinski definition) is 6. The summed E-state index contributed by atoms with van der Waals surface area (Å²) in [6, 6.07) is 12.6. The Balaban J connectivity index is 1.52. The summed E-state index contributed by atoms with van der Waals surface area (Å²) in [4.78, 5) is 26.5. The predicted molar refractivity (Wildman–Crippen MR) is 115 cm³/mol. The molecule has 7 nitrogen and oxygen atoms in total. The highest BCUT2D eigenvalue weighted by atomic mass is 16.6. The topological polar surface area (TPSA) is 74.3 Å². The molecular weight excluding hydrogens is 398 g/mol. The van der Waals surface area contributed by atoms with E-state index < -0.39 is 5.97 Å². The summed E-state index contributed by atoms with van der Waals surface area (Å²) in [5.74, 6) is 0.605. The molecule has 1 aliphatic rings. The van der Waals surface area contributed by atoms with E-state index in [1.54, 1.807) is 17.0 Å². The van der Waals surface area contributed by atoms with Gasteiger partial charge in [-0.3, -0.25) is 4.79 Å². The number of hydrogen-bond donors (Lipinski definition) is 0. The molecule has 0 bridgehead atoms. The van der Waals surface area contributed by atoms with Crippen molar-refractivity contribution in [3.8, 4) is 11.5 Å². The highest BCUT2D eigenvalue weighted by Gasteiger charge is 2.18. The van der Waals surface area contributed by atoms with Crippen LogP contribution in [0.2, 0.25) is 0 Å². The summed E-state index contributed by atoms with van der Waals surface area (Å²) in [7, 11) is 0. The molecule has 0 N–H and O–H groups in total. The summed E-state index contributed by atoms with van der Waals surface area (Å²) < 4.78 is 21.9. The third kappa shape index (κ3) is 6.46. The summed E-state index contributed by atoms with van der Waals surface area (Å²) in [6.45, 7) is 7.93. The molecule has 0 saturated heterocycles. The van der Waals surface area contributed by atoms with Crippen molar-refractivity contribution in [1.29, 1.82) is 0 Å². The Bertz CT molecular complexity index is 893. The van der Waals surface area contributed by atoms with Crippen molar-refractivity contribution in [3.05, 3.63) is 59.2 Å². The fourth-order valence-electron chi connectivity index (χ4n) is 3.08. The SMILES string of the molecule is CCN(Cc1ccc2c(c1)OCCO2)C(=O)COC(=O)c1ccc(COC(C)C)cc1. The van der Waals surface area contributed by atoms with Gasteiger partial charge in [-0.15, -0.1) is 0 Å². The van der Waals surface area contributed by atoms with E-state index in [-0.39, 0.29) is 18.6 Å². The lowest BCUT2D eigenvalue weighted by atomic mass is 10.1. The van der Waals surface area contributed by atoms with Crippen molar-refractivity contribution < 1.29 is 28.5 Å². The molecule has 1 heterocycles. The number of carbonyl (C=O) groups excluding carboxylic acids is 2. The summed E-state index contributed by atoms with van der Waals surface area (Å²) in [5.41, 5.74) is 2.29. The minimum absolute atomic E-state index is 0.138. The molecule has 2 aromatic carbocycles. The Morgan fingerprint density at radius 1 is 1.00 bits per heavy atom. The van der Waals surface area contributed by atoms with Gasteiger partial charge in [-0.25, -0.2) is 4.79 Å². The number of nitrogens with zero attached hydrogens (tertiary/aromatic N) is 1. The lowest BCUT2D eigenvalue weighted by molar-refractivity contribution is -0.134. The first-order valence-electron chi connectivity index (χ1n) is 10.5. The van der Waals surface area contributed by atoms with E-state index in [1.165, 1.54) is 0 Å². The van der Waals surface area contributed by atoms with Crippen LogP contribution in [0.15, 0.2) is 42.5 Å². The molecule has 166 valence electrons. The van der Waals surface area contributed by atoms with Crippen molar-refractivity contribution in [2.75, 3.05) is 26.4 Å². The van der Waals surface area contributed by atoms with Gasteiger partial charge in [0, 0.05) is 13.1 Å². The van der Waals surface area contributed by atoms with Gasteiger partial charge in [0.25, 0.3) is 5.91 Å². The van der Waals surface area contributed by atoms with E-state index in [0.29, 0.717) is 50.0 Å². The van der Waals surface area contributed by atoms with Gasteiger partial charge < -0.3 is 23.8 Å². The van der Waals surface area contributed by atoms with Crippen molar-refractivity contribution in [1.82, 2.24) is 4.90 Å². The molecule has 0 saturated carbocycles. The second-order valence-corrected chi connectivity index (χ2v) is 7.52. The van der Waals surface area contributed by atoms with E-state index in [0.717, 1.165) is 11.1 Å². The van der Waals surface area contributed by atoms with Crippen LogP contribution in [0.1, 0.15) is 42.3 Å². The minimum Gasteiger partial charge on any atom is -0.486 e. The first-order chi connectivity index (χ1) is 15.0. The largest absolute Gasteiger partial charge is 0.486 e. The molecule has 0 radical (unpaired) electrons. The third-order valence-corrected chi connectivity index (χ3v) is 4.81. The summed E-state index contributed by atoms with van der Waals surface area (Å²) >= 11 is 0. The fraction of sp³-hybridized carbons (Fsp3) is 0.417. The number of fused-ring (bicyclic) bond motifs is 1. The van der Waals surface area contributed by atoms with Crippen LogP contribution in [-0.2, 0) is 27.4 Å². The van der Waals surface area contributed by atoms with Crippen molar-refractivity contribution in [3.63, 3.8) is 0 Å². The van der Waals surface area contributed by atoms with Gasteiger partial charge in [-0.2, -0.15) is 0 Å². The first-order valence-corrected chi connectivity index (χ1v) is 10.5. The molecule has 31 heavy (non-hydrogen) atoms. The van der Waals surface area contributed by atoms with Gasteiger partial charge in [0.1, 0.15) is 13.2 Å². The number of likely N-dealkylation sites (N-methyl/N-ethyl adjacent to an activating group) is 1. The molecule has 7 heteroatoms. The van der Waals surface area contributed by atoms with Crippen LogP contribution in [0.25, 0.3) is 0 Å². The average molecular weight is 427 g/mol. The fourth-order valence-corrected chi connectivity index (χ4v) is 3.08. The van der Waals surface area contributed by atoms with Crippen molar-refractivity contribution >= 4 is 11.9 Å². The maximum absolute atomic E-state index is 12.6. The smallest absolute Gasteiger partial charge is 0.338 e. The van der Waals surface area contributed by atoms with Gasteiger partial charge >= 0.3 is 5.97 Å². The second-order valence-electron chi connectivity index (χ2n) is 7.52. The number of benzene rings is 2. The first kappa shape index (κ1) is 22.6. The molecule has 1 amide bonds. The predicted octanol–water partition coefficient (Wildman–Crippen LogP) is 3.59. The lowest BCUT2D eigenvalue weighted by Crippen LogP contribution is -2.34. The zero-order valence-corrected chi connectivity index (χ0v) is 18.3. The van der Waals surface area contributed by atoms with Crippen LogP contribution < -0.4 is 9.47 Å². The molecule has 0 aromatic heterocycles. The molecule has 0 unspecified atom stereocenters. The summed E-state index contributed by atoms with van der Waals surface area (Å²) in [5, 5.41) is 0. The van der Waals surface area contributed by atoms with Crippen LogP contribution in [-0.4, -0.2) is 49.2 Å². The van der Waals surface area contributed by atoms with Crippen LogP contribution in [0.3, 0.4) is 0 Å². The van der Waals surface area contributed by atoms with E-state index in [9.17, 15) is 9.59 Å². The van der Waals surface area contributed by atoms with Crippen molar-refractivity contribution in [2.24, 2.45) is 0 Å². The Kier molecular flexibility index (Phi) is 7.89. The van der Waals surface area contributed by atoms with Gasteiger partial charge in [0.2, 0.25) is 0 Å². The number of esters is 1. The molecular formula is C24H29NO6. The van der Waals surface area contributed by atoms with E-state index >= 15 is 0 Å². The normalized spacial score (nSPS) is 12.5. The minimum atomic E-state index is -0.528. The van der Waals surface area contributed by atoms with E-state index in [1.807, 2.05) is 51.1 Å². The molecule has 0 fully saturated rings. The number of amides is 1. The quantitative estimate of drug-likeness (QED) is 0.570. The highest BCUT2D eigenvalue weighted by molar-refractivity contribution is 5.91. The number of rotatable bonds is 9. The second kappa shape index (κ2) is 10.8. The maximum atomic E-state index is 12.6. The molecule has 0 atom stereocenters. The number of carbonyl (C=O) groups is 2. The Morgan fingerprint density at radius 3 is 2.35 bits per heavy atom. The molecule has 0 aliphatic carbocycles. The Labute approximate surface area is 182 Å². The molecule has 1 aliphatic heterocycles. The Hall–Kier alpha value is -3.06.